The second-order valence-corrected chi connectivity index (χ2v) is 10.3. The van der Waals surface area contributed by atoms with Gasteiger partial charge in [0.15, 0.2) is 5.96 Å². The number of halogens is 1. The van der Waals surface area contributed by atoms with Crippen LogP contribution >= 0.6 is 35.3 Å². The largest absolute Gasteiger partial charge is 0.356 e. The van der Waals surface area contributed by atoms with Crippen molar-refractivity contribution in [1.82, 2.24) is 15.4 Å². The van der Waals surface area contributed by atoms with Crippen LogP contribution in [0.15, 0.2) is 51.7 Å². The van der Waals surface area contributed by atoms with Crippen molar-refractivity contribution in [2.75, 3.05) is 13.6 Å². The lowest BCUT2D eigenvalue weighted by Crippen LogP contribution is -2.42. The van der Waals surface area contributed by atoms with Crippen molar-refractivity contribution < 1.29 is 8.42 Å². The van der Waals surface area contributed by atoms with Gasteiger partial charge in [-0.1, -0.05) is 32.0 Å². The molecule has 0 saturated heterocycles. The lowest BCUT2D eigenvalue weighted by Gasteiger charge is -2.25. The van der Waals surface area contributed by atoms with E-state index < -0.39 is 10.0 Å². The first kappa shape index (κ1) is 24.1. The number of rotatable bonds is 8. The van der Waals surface area contributed by atoms with Gasteiger partial charge < -0.3 is 10.6 Å². The molecule has 0 unspecified atom stereocenters. The normalized spacial score (nSPS) is 14.9. The van der Waals surface area contributed by atoms with Gasteiger partial charge in [0, 0.05) is 36.5 Å². The molecule has 3 rings (SSSR count). The van der Waals surface area contributed by atoms with Gasteiger partial charge in [0.1, 0.15) is 0 Å². The van der Waals surface area contributed by atoms with Crippen LogP contribution in [0.2, 0.25) is 0 Å². The van der Waals surface area contributed by atoms with E-state index in [-0.39, 0.29) is 35.4 Å². The highest BCUT2D eigenvalue weighted by molar-refractivity contribution is 14.0. The minimum absolute atomic E-state index is 0. The molecule has 1 aliphatic carbocycles. The highest BCUT2D eigenvalue weighted by Gasteiger charge is 2.27. The summed E-state index contributed by atoms with van der Waals surface area (Å²) in [6.07, 6.45) is 1.85. The Morgan fingerprint density at radius 2 is 1.86 bits per heavy atom. The summed E-state index contributed by atoms with van der Waals surface area (Å²) in [6.45, 7) is 5.73. The van der Waals surface area contributed by atoms with E-state index in [1.165, 1.54) is 4.88 Å². The molecule has 1 aromatic carbocycles. The number of guanidine groups is 1. The molecule has 1 fully saturated rings. The van der Waals surface area contributed by atoms with Gasteiger partial charge in [-0.05, 0) is 42.0 Å². The third-order valence-corrected chi connectivity index (χ3v) is 7.47. The summed E-state index contributed by atoms with van der Waals surface area (Å²) in [5.41, 5.74) is 1.00. The number of aliphatic imine (C=N–C) groups is 1. The quantitative estimate of drug-likeness (QED) is 0.268. The number of hydrogen-bond acceptors (Lipinski definition) is 4. The summed E-state index contributed by atoms with van der Waals surface area (Å²) in [5.74, 6) is 0.719. The molecule has 0 atom stereocenters. The third kappa shape index (κ3) is 6.94. The molecule has 1 aromatic heterocycles. The Labute approximate surface area is 194 Å². The minimum Gasteiger partial charge on any atom is -0.356 e. The van der Waals surface area contributed by atoms with E-state index in [1.54, 1.807) is 30.5 Å². The smallest absolute Gasteiger partial charge is 0.240 e. The molecule has 0 amide bonds. The number of benzene rings is 1. The number of hydrogen-bond donors (Lipinski definition) is 3. The van der Waals surface area contributed by atoms with Crippen LogP contribution in [0.3, 0.4) is 0 Å². The Kier molecular flexibility index (Phi) is 8.50. The third-order valence-electron chi connectivity index (χ3n) is 4.70. The van der Waals surface area contributed by atoms with Gasteiger partial charge in [0.05, 0.1) is 4.90 Å². The summed E-state index contributed by atoms with van der Waals surface area (Å²) >= 11 is 1.76. The van der Waals surface area contributed by atoms with E-state index in [0.29, 0.717) is 11.4 Å². The Bertz CT molecular complexity index is 906. The molecule has 0 radical (unpaired) electrons. The molecule has 6 nitrogen and oxygen atoms in total. The molecule has 0 bridgehead atoms. The van der Waals surface area contributed by atoms with Gasteiger partial charge in [-0.2, -0.15) is 0 Å². The summed E-state index contributed by atoms with van der Waals surface area (Å²) in [5, 5.41) is 8.74. The molecule has 1 heterocycles. The Morgan fingerprint density at radius 1 is 1.17 bits per heavy atom. The molecule has 2 aromatic rings. The van der Waals surface area contributed by atoms with Crippen molar-refractivity contribution in [2.45, 2.75) is 49.6 Å². The summed E-state index contributed by atoms with van der Waals surface area (Å²) in [7, 11) is -1.66. The first-order valence-corrected chi connectivity index (χ1v) is 11.8. The average Bonchev–Trinajstić information content (AvgIpc) is 3.28. The molecule has 1 saturated carbocycles. The number of thiophene rings is 1. The fraction of sp³-hybridized carbons (Fsp3) is 0.450. The molecule has 160 valence electrons. The zero-order chi connectivity index (χ0) is 20.2. The van der Waals surface area contributed by atoms with Crippen molar-refractivity contribution in [3.05, 3.63) is 52.2 Å². The van der Waals surface area contributed by atoms with Crippen LogP contribution in [0.5, 0.6) is 0 Å². The summed E-state index contributed by atoms with van der Waals surface area (Å²) < 4.78 is 27.2. The summed E-state index contributed by atoms with van der Waals surface area (Å²) in [4.78, 5) is 5.91. The van der Waals surface area contributed by atoms with Crippen molar-refractivity contribution >= 4 is 51.3 Å². The Balaban J connectivity index is 0.00000300. The van der Waals surface area contributed by atoms with Gasteiger partial charge in [-0.3, -0.25) is 4.99 Å². The molecule has 3 N–H and O–H groups in total. The minimum atomic E-state index is -3.40. The monoisotopic (exact) mass is 548 g/mol. The zero-order valence-electron chi connectivity index (χ0n) is 16.9. The molecular weight excluding hydrogens is 519 g/mol. The van der Waals surface area contributed by atoms with Crippen LogP contribution in [0, 0.1) is 0 Å². The van der Waals surface area contributed by atoms with Gasteiger partial charge in [-0.25, -0.2) is 13.1 Å². The SMILES string of the molecule is CN=C(NCc1ccc(S(=O)(=O)NC2CC2)cc1)NCC(C)(C)c1cccs1.I. The maximum atomic E-state index is 12.2. The van der Waals surface area contributed by atoms with Crippen LogP contribution in [-0.4, -0.2) is 34.0 Å². The second-order valence-electron chi connectivity index (χ2n) is 7.68. The molecule has 0 spiro atoms. The average molecular weight is 549 g/mol. The van der Waals surface area contributed by atoms with E-state index in [0.717, 1.165) is 30.9 Å². The van der Waals surface area contributed by atoms with E-state index in [2.05, 4.69) is 51.7 Å². The maximum Gasteiger partial charge on any atom is 0.240 e. The topological polar surface area (TPSA) is 82.6 Å². The maximum absolute atomic E-state index is 12.2. The van der Waals surface area contributed by atoms with Crippen LogP contribution in [0.25, 0.3) is 0 Å². The Hall–Kier alpha value is -1.17. The highest BCUT2D eigenvalue weighted by atomic mass is 127. The van der Waals surface area contributed by atoms with Crippen molar-refractivity contribution in [2.24, 2.45) is 4.99 Å². The fourth-order valence-corrected chi connectivity index (χ4v) is 4.89. The lowest BCUT2D eigenvalue weighted by atomic mass is 9.91. The van der Waals surface area contributed by atoms with E-state index in [4.69, 9.17) is 0 Å². The van der Waals surface area contributed by atoms with Gasteiger partial charge in [-0.15, -0.1) is 35.3 Å². The standard InChI is InChI=1S/C20H28N4O2S2.HI/c1-20(2,18-5-4-12-27-18)14-23-19(21-3)22-13-15-6-10-17(11-7-15)28(25,26)24-16-8-9-16;/h4-7,10-12,16,24H,8-9,13-14H2,1-3H3,(H2,21,22,23);1H. The van der Waals surface area contributed by atoms with E-state index in [9.17, 15) is 8.42 Å². The molecular formula is C20H29IN4O2S2. The van der Waals surface area contributed by atoms with Crippen molar-refractivity contribution in [3.63, 3.8) is 0 Å². The van der Waals surface area contributed by atoms with Crippen molar-refractivity contribution in [1.29, 1.82) is 0 Å². The molecule has 0 aliphatic heterocycles. The van der Waals surface area contributed by atoms with Gasteiger partial charge in [0.25, 0.3) is 0 Å². The van der Waals surface area contributed by atoms with Gasteiger partial charge >= 0.3 is 0 Å². The zero-order valence-corrected chi connectivity index (χ0v) is 20.9. The van der Waals surface area contributed by atoms with E-state index in [1.807, 2.05) is 12.1 Å². The van der Waals surface area contributed by atoms with E-state index >= 15 is 0 Å². The van der Waals surface area contributed by atoms with Crippen LogP contribution in [0.4, 0.5) is 0 Å². The van der Waals surface area contributed by atoms with Crippen LogP contribution < -0.4 is 15.4 Å². The first-order valence-electron chi connectivity index (χ1n) is 9.40. The van der Waals surface area contributed by atoms with Crippen LogP contribution in [-0.2, 0) is 22.0 Å². The molecule has 1 aliphatic rings. The number of nitrogens with one attached hydrogen (secondary N) is 3. The van der Waals surface area contributed by atoms with Crippen LogP contribution in [0.1, 0.15) is 37.1 Å². The van der Waals surface area contributed by atoms with Crippen molar-refractivity contribution in [3.8, 4) is 0 Å². The van der Waals surface area contributed by atoms with Gasteiger partial charge in [0.2, 0.25) is 10.0 Å². The molecule has 29 heavy (non-hydrogen) atoms. The highest BCUT2D eigenvalue weighted by Crippen LogP contribution is 2.26. The second kappa shape index (κ2) is 10.2. The summed E-state index contributed by atoms with van der Waals surface area (Å²) in [6, 6.07) is 11.3. The predicted molar refractivity (Wildman–Crippen MR) is 131 cm³/mol. The number of nitrogens with zero attached hydrogens (tertiary/aromatic N) is 1. The first-order chi connectivity index (χ1) is 13.3. The molecule has 9 heteroatoms. The fourth-order valence-electron chi connectivity index (χ4n) is 2.74. The number of sulfonamides is 1. The lowest BCUT2D eigenvalue weighted by molar-refractivity contribution is 0.518. The predicted octanol–water partition coefficient (Wildman–Crippen LogP) is 3.45. The Morgan fingerprint density at radius 3 is 2.41 bits per heavy atom.